The molecule has 0 radical (unpaired) electrons. The number of fused-ring (bicyclic) bond motifs is 9. The van der Waals surface area contributed by atoms with E-state index in [1.807, 2.05) is 0 Å². The molecular formula is C84H58N2OSi2. The van der Waals surface area contributed by atoms with Crippen LogP contribution >= 0.6 is 0 Å². The van der Waals surface area contributed by atoms with Crippen LogP contribution in [0.2, 0.25) is 0 Å². The molecule has 3 aromatic heterocycles. The zero-order valence-electron chi connectivity index (χ0n) is 48.8. The Bertz CT molecular complexity index is 5330. The van der Waals surface area contributed by atoms with Gasteiger partial charge in [-0.3, -0.25) is 0 Å². The first kappa shape index (κ1) is 52.3. The molecule has 0 saturated carbocycles. The molecular weight excluding hydrogens is 1110 g/mol. The lowest BCUT2D eigenvalue weighted by atomic mass is 9.99. The first-order valence-electron chi connectivity index (χ1n) is 30.7. The Morgan fingerprint density at radius 1 is 0.225 bits per heavy atom. The van der Waals surface area contributed by atoms with Gasteiger partial charge >= 0.3 is 0 Å². The maximum absolute atomic E-state index is 6.53. The van der Waals surface area contributed by atoms with Crippen LogP contribution in [-0.2, 0) is 0 Å². The van der Waals surface area contributed by atoms with Crippen LogP contribution in [0.15, 0.2) is 356 Å². The monoisotopic (exact) mass is 1170 g/mol. The van der Waals surface area contributed by atoms with Gasteiger partial charge in [-0.2, -0.15) is 0 Å². The fourth-order valence-corrected chi connectivity index (χ4v) is 24.8. The van der Waals surface area contributed by atoms with Gasteiger partial charge in [0.15, 0.2) is 16.1 Å². The third-order valence-corrected chi connectivity index (χ3v) is 28.3. The number of aromatic nitrogens is 2. The summed E-state index contributed by atoms with van der Waals surface area (Å²) in [5, 5.41) is 17.8. The number of furan rings is 1. The van der Waals surface area contributed by atoms with E-state index >= 15 is 0 Å². The Morgan fingerprint density at radius 2 is 0.640 bits per heavy atom. The summed E-state index contributed by atoms with van der Waals surface area (Å²) in [5.41, 5.74) is 13.5. The predicted molar refractivity (Wildman–Crippen MR) is 381 cm³/mol. The molecule has 0 aliphatic rings. The van der Waals surface area contributed by atoms with Gasteiger partial charge in [0.05, 0.1) is 27.8 Å². The number of hydrogen-bond donors (Lipinski definition) is 0. The molecule has 0 fully saturated rings. The van der Waals surface area contributed by atoms with Crippen molar-refractivity contribution >= 4 is 123 Å². The van der Waals surface area contributed by atoms with Crippen molar-refractivity contribution in [1.29, 1.82) is 0 Å². The molecule has 3 heterocycles. The molecule has 0 atom stereocenters. The highest BCUT2D eigenvalue weighted by atomic mass is 28.3. The van der Waals surface area contributed by atoms with Gasteiger partial charge in [-0.1, -0.05) is 291 Å². The molecule has 0 unspecified atom stereocenters. The van der Waals surface area contributed by atoms with E-state index in [2.05, 4.69) is 361 Å². The molecule has 17 rings (SSSR count). The summed E-state index contributed by atoms with van der Waals surface area (Å²) in [6, 6.07) is 132. The fourth-order valence-electron chi connectivity index (χ4n) is 15.0. The van der Waals surface area contributed by atoms with E-state index in [1.165, 1.54) is 96.3 Å². The smallest absolute Gasteiger partial charge is 0.180 e. The summed E-state index contributed by atoms with van der Waals surface area (Å²) >= 11 is 0. The summed E-state index contributed by atoms with van der Waals surface area (Å²) < 4.78 is 11.6. The standard InChI is InChI=1S/C84H58N2OSi2/c1-7-27-59(28-8-1)61-55-62(60-29-9-2-10-30-60)57-70(56-61)88(64-31-11-3-12-32-64,65-33-13-4-14-34-65)68-51-49-63(50-52-68)85-75-42-22-19-40-72(75)83-77(85)44-25-45-78(83)86-76-43-23-20-41-73(76)84-79(86)46-26-48-82(84)89(66-35-15-5-16-36-66,67-37-17-6-18-38-67)69-53-54-81-74(58-69)71-39-21-24-47-80(71)87-81/h1-58H. The number of hydrogen-bond acceptors (Lipinski definition) is 1. The van der Waals surface area contributed by atoms with Crippen molar-refractivity contribution < 1.29 is 4.42 Å². The first-order valence-corrected chi connectivity index (χ1v) is 34.7. The largest absolute Gasteiger partial charge is 0.456 e. The van der Waals surface area contributed by atoms with Crippen LogP contribution in [-0.4, -0.2) is 25.3 Å². The number of nitrogens with zero attached hydrogens (tertiary/aromatic N) is 2. The molecule has 0 spiro atoms. The van der Waals surface area contributed by atoms with E-state index in [0.717, 1.165) is 44.3 Å². The van der Waals surface area contributed by atoms with Crippen molar-refractivity contribution in [3.05, 3.63) is 352 Å². The highest BCUT2D eigenvalue weighted by Gasteiger charge is 2.45. The van der Waals surface area contributed by atoms with Crippen LogP contribution in [0.5, 0.6) is 0 Å². The van der Waals surface area contributed by atoms with E-state index in [9.17, 15) is 0 Å². The molecule has 418 valence electrons. The minimum Gasteiger partial charge on any atom is -0.456 e. The van der Waals surface area contributed by atoms with Crippen molar-refractivity contribution in [1.82, 2.24) is 9.13 Å². The Kier molecular flexibility index (Phi) is 12.6. The number of para-hydroxylation sites is 3. The summed E-state index contributed by atoms with van der Waals surface area (Å²) in [7, 11) is -6.22. The van der Waals surface area contributed by atoms with Crippen molar-refractivity contribution in [2.45, 2.75) is 0 Å². The Balaban J connectivity index is 0.890. The summed E-state index contributed by atoms with van der Waals surface area (Å²) in [5.74, 6) is 0. The Hall–Kier alpha value is -11.1. The number of rotatable bonds is 12. The topological polar surface area (TPSA) is 23.0 Å². The molecule has 5 heteroatoms. The highest BCUT2D eigenvalue weighted by molar-refractivity contribution is 7.21. The fraction of sp³-hybridized carbons (Fsp3) is 0. The van der Waals surface area contributed by atoms with Gasteiger partial charge in [0.1, 0.15) is 11.2 Å². The van der Waals surface area contributed by atoms with Crippen molar-refractivity contribution in [2.75, 3.05) is 0 Å². The zero-order valence-corrected chi connectivity index (χ0v) is 50.8. The van der Waals surface area contributed by atoms with Crippen molar-refractivity contribution in [3.63, 3.8) is 0 Å². The summed E-state index contributed by atoms with van der Waals surface area (Å²) in [4.78, 5) is 0. The van der Waals surface area contributed by atoms with E-state index in [0.29, 0.717) is 0 Å². The van der Waals surface area contributed by atoms with E-state index in [1.54, 1.807) is 0 Å². The van der Waals surface area contributed by atoms with Crippen molar-refractivity contribution in [3.8, 4) is 33.6 Å². The van der Waals surface area contributed by atoms with Crippen LogP contribution < -0.4 is 41.5 Å². The third-order valence-electron chi connectivity index (χ3n) is 18.8. The van der Waals surface area contributed by atoms with Gasteiger partial charge in [0.2, 0.25) is 0 Å². The molecule has 0 saturated heterocycles. The van der Waals surface area contributed by atoms with Gasteiger partial charge in [-0.05, 0) is 124 Å². The van der Waals surface area contributed by atoms with Gasteiger partial charge in [-0.25, -0.2) is 0 Å². The maximum Gasteiger partial charge on any atom is 0.180 e. The quantitative estimate of drug-likeness (QED) is 0.0883. The molecule has 3 nitrogen and oxygen atoms in total. The SMILES string of the molecule is c1ccc(-c2cc(-c3ccccc3)cc([Si](c3ccccc3)(c3ccccc3)c3ccc(-n4c5ccccc5c5c(-n6c7ccccc7c7c([Si](c8ccccc8)(c8ccccc8)c8ccc9oc%10ccccc%10c9c8)cccc76)cccc54)cc3)c2)cc1. The van der Waals surface area contributed by atoms with Crippen LogP contribution in [0.3, 0.4) is 0 Å². The lowest BCUT2D eigenvalue weighted by molar-refractivity contribution is 0.669. The predicted octanol–water partition coefficient (Wildman–Crippen LogP) is 15.9. The minimum absolute atomic E-state index is 0.897. The lowest BCUT2D eigenvalue weighted by Crippen LogP contribution is -2.74. The Labute approximate surface area is 518 Å². The summed E-state index contributed by atoms with van der Waals surface area (Å²) in [6.07, 6.45) is 0. The second-order valence-electron chi connectivity index (χ2n) is 23.4. The van der Waals surface area contributed by atoms with Gasteiger partial charge in [0, 0.05) is 38.0 Å². The van der Waals surface area contributed by atoms with Gasteiger partial charge < -0.3 is 13.6 Å². The molecule has 89 heavy (non-hydrogen) atoms. The zero-order chi connectivity index (χ0) is 58.9. The Morgan fingerprint density at radius 3 is 1.21 bits per heavy atom. The van der Waals surface area contributed by atoms with E-state index < -0.39 is 16.1 Å². The molecule has 0 bridgehead atoms. The average Bonchev–Trinajstić information content (AvgIpc) is 1.97. The molecule has 17 aromatic rings. The van der Waals surface area contributed by atoms with Crippen LogP contribution in [0.1, 0.15) is 0 Å². The molecule has 0 amide bonds. The average molecular weight is 1170 g/mol. The molecule has 0 aliphatic carbocycles. The van der Waals surface area contributed by atoms with Gasteiger partial charge in [0.25, 0.3) is 0 Å². The van der Waals surface area contributed by atoms with E-state index in [-0.39, 0.29) is 0 Å². The lowest BCUT2D eigenvalue weighted by Gasteiger charge is -2.35. The molecule has 0 aliphatic heterocycles. The van der Waals surface area contributed by atoms with Crippen LogP contribution in [0.4, 0.5) is 0 Å². The third kappa shape index (κ3) is 8.24. The van der Waals surface area contributed by atoms with Crippen molar-refractivity contribution in [2.24, 2.45) is 0 Å². The first-order chi connectivity index (χ1) is 44.2. The van der Waals surface area contributed by atoms with E-state index in [4.69, 9.17) is 4.42 Å². The van der Waals surface area contributed by atoms with Crippen LogP contribution in [0.25, 0.3) is 99.2 Å². The minimum atomic E-state index is -3.16. The number of benzene rings is 14. The second-order valence-corrected chi connectivity index (χ2v) is 31.0. The molecule has 0 N–H and O–H groups in total. The highest BCUT2D eigenvalue weighted by Crippen LogP contribution is 2.41. The van der Waals surface area contributed by atoms with Gasteiger partial charge in [-0.15, -0.1) is 0 Å². The second kappa shape index (κ2) is 21.4. The van der Waals surface area contributed by atoms with Crippen LogP contribution in [0, 0.1) is 0 Å². The molecule has 14 aromatic carbocycles. The maximum atomic E-state index is 6.53. The normalized spacial score (nSPS) is 12.0. The summed E-state index contributed by atoms with van der Waals surface area (Å²) in [6.45, 7) is 0.